The second-order valence-electron chi connectivity index (χ2n) is 2.32. The molecule has 0 spiro atoms. The average Bonchev–Trinajstić information content (AvgIpc) is 1.89. The third-order valence-corrected chi connectivity index (χ3v) is 1.62. The Labute approximate surface area is 53.6 Å². The van der Waals surface area contributed by atoms with Gasteiger partial charge in [0.15, 0.2) is 0 Å². The first-order valence-corrected chi connectivity index (χ1v) is 3.17. The van der Waals surface area contributed by atoms with Crippen molar-refractivity contribution < 1.29 is 14.2 Å². The summed E-state index contributed by atoms with van der Waals surface area (Å²) in [7, 11) is 0. The molecule has 0 unspecified atom stereocenters. The maximum Gasteiger partial charge on any atom is 0.110 e. The van der Waals surface area contributed by atoms with Crippen LogP contribution in [0.15, 0.2) is 0 Å². The lowest BCUT2D eigenvalue weighted by molar-refractivity contribution is -0.0198. The first kappa shape index (κ1) is 6.96. The van der Waals surface area contributed by atoms with Crippen molar-refractivity contribution in [1.29, 1.82) is 0 Å². The Morgan fingerprint density at radius 2 is 2.44 bits per heavy atom. The van der Waals surface area contributed by atoms with Crippen molar-refractivity contribution >= 4 is 0 Å². The molecule has 1 rings (SSSR count). The number of aliphatic hydroxyl groups is 1. The van der Waals surface area contributed by atoms with Crippen LogP contribution in [-0.4, -0.2) is 31.1 Å². The van der Waals surface area contributed by atoms with E-state index in [2.05, 4.69) is 0 Å². The van der Waals surface area contributed by atoms with Crippen LogP contribution in [-0.2, 0) is 4.74 Å². The molecular formula is C6H11FO2. The van der Waals surface area contributed by atoms with Crippen LogP contribution < -0.4 is 0 Å². The number of hydrogen-bond acceptors (Lipinski definition) is 2. The summed E-state index contributed by atoms with van der Waals surface area (Å²) >= 11 is 0. The van der Waals surface area contributed by atoms with Gasteiger partial charge in [-0.2, -0.15) is 0 Å². The minimum atomic E-state index is -0.858. The Kier molecular flexibility index (Phi) is 2.42. The summed E-state index contributed by atoms with van der Waals surface area (Å²) in [6.45, 7) is 0.774. The molecule has 0 saturated carbocycles. The molecule has 1 N–H and O–H groups in total. The average molecular weight is 134 g/mol. The molecule has 0 aliphatic carbocycles. The zero-order chi connectivity index (χ0) is 6.69. The molecule has 1 fully saturated rings. The predicted molar refractivity (Wildman–Crippen MR) is 30.9 cm³/mol. The molecule has 1 aliphatic rings. The van der Waals surface area contributed by atoms with E-state index in [-0.39, 0.29) is 12.5 Å². The highest BCUT2D eigenvalue weighted by Crippen LogP contribution is 2.16. The minimum absolute atomic E-state index is 0.0961. The molecule has 1 saturated heterocycles. The smallest absolute Gasteiger partial charge is 0.110 e. The van der Waals surface area contributed by atoms with Crippen LogP contribution in [0, 0.1) is 5.92 Å². The third kappa shape index (κ3) is 1.63. The fourth-order valence-electron chi connectivity index (χ4n) is 0.938. The fourth-order valence-corrected chi connectivity index (χ4v) is 0.938. The molecule has 0 bridgehead atoms. The highest BCUT2D eigenvalue weighted by molar-refractivity contribution is 4.71. The van der Waals surface area contributed by atoms with E-state index in [0.29, 0.717) is 19.6 Å². The van der Waals surface area contributed by atoms with Gasteiger partial charge in [-0.3, -0.25) is 0 Å². The number of hydrogen-bond donors (Lipinski definition) is 1. The van der Waals surface area contributed by atoms with Gasteiger partial charge in [0.05, 0.1) is 13.2 Å². The van der Waals surface area contributed by atoms with E-state index in [0.717, 1.165) is 0 Å². The van der Waals surface area contributed by atoms with Crippen molar-refractivity contribution in [3.05, 3.63) is 0 Å². The third-order valence-electron chi connectivity index (χ3n) is 1.62. The Morgan fingerprint density at radius 3 is 2.89 bits per heavy atom. The minimum Gasteiger partial charge on any atom is -0.396 e. The Balaban J connectivity index is 2.30. The molecule has 1 heterocycles. The van der Waals surface area contributed by atoms with Crippen molar-refractivity contribution in [3.8, 4) is 0 Å². The topological polar surface area (TPSA) is 29.5 Å². The van der Waals surface area contributed by atoms with Gasteiger partial charge < -0.3 is 9.84 Å². The SMILES string of the molecule is OC[C@@H]1COCC[C@H]1F. The van der Waals surface area contributed by atoms with Gasteiger partial charge in [-0.25, -0.2) is 4.39 Å². The number of aliphatic hydroxyl groups excluding tert-OH is 1. The largest absolute Gasteiger partial charge is 0.396 e. The number of alkyl halides is 1. The summed E-state index contributed by atoms with van der Waals surface area (Å²) in [5.41, 5.74) is 0. The highest BCUT2D eigenvalue weighted by atomic mass is 19.1. The van der Waals surface area contributed by atoms with Crippen LogP contribution >= 0.6 is 0 Å². The van der Waals surface area contributed by atoms with Crippen molar-refractivity contribution in [2.75, 3.05) is 19.8 Å². The van der Waals surface area contributed by atoms with Crippen LogP contribution in [0.2, 0.25) is 0 Å². The number of rotatable bonds is 1. The Morgan fingerprint density at radius 1 is 1.67 bits per heavy atom. The van der Waals surface area contributed by atoms with Gasteiger partial charge >= 0.3 is 0 Å². The van der Waals surface area contributed by atoms with E-state index in [1.165, 1.54) is 0 Å². The molecule has 0 aromatic heterocycles. The molecule has 0 aromatic carbocycles. The molecule has 3 heteroatoms. The van der Waals surface area contributed by atoms with Crippen molar-refractivity contribution in [2.24, 2.45) is 5.92 Å². The van der Waals surface area contributed by atoms with Crippen LogP contribution in [0.3, 0.4) is 0 Å². The molecule has 2 nitrogen and oxygen atoms in total. The second-order valence-corrected chi connectivity index (χ2v) is 2.32. The lowest BCUT2D eigenvalue weighted by atomic mass is 10.0. The molecule has 1 aliphatic heterocycles. The first-order chi connectivity index (χ1) is 4.34. The Bertz CT molecular complexity index is 87.1. The summed E-state index contributed by atoms with van der Waals surface area (Å²) in [5, 5.41) is 8.54. The molecule has 0 aromatic rings. The fraction of sp³-hybridized carbons (Fsp3) is 1.00. The molecule has 0 radical (unpaired) electrons. The van der Waals surface area contributed by atoms with Crippen LogP contribution in [0.1, 0.15) is 6.42 Å². The number of ether oxygens (including phenoxy) is 1. The summed E-state index contributed by atoms with van der Waals surface area (Å²) in [4.78, 5) is 0. The van der Waals surface area contributed by atoms with Gasteiger partial charge in [-0.1, -0.05) is 0 Å². The molecule has 0 amide bonds. The van der Waals surface area contributed by atoms with Gasteiger partial charge in [0.1, 0.15) is 6.17 Å². The van der Waals surface area contributed by atoms with Gasteiger partial charge in [-0.05, 0) is 0 Å². The normalized spacial score (nSPS) is 36.7. The predicted octanol–water partition coefficient (Wildman–Crippen LogP) is 0.353. The summed E-state index contributed by atoms with van der Waals surface area (Å²) in [5.74, 6) is -0.279. The van der Waals surface area contributed by atoms with Crippen molar-refractivity contribution in [2.45, 2.75) is 12.6 Å². The quantitative estimate of drug-likeness (QED) is 0.560. The zero-order valence-corrected chi connectivity index (χ0v) is 5.22. The summed E-state index contributed by atoms with van der Waals surface area (Å²) in [6, 6.07) is 0. The van der Waals surface area contributed by atoms with Crippen LogP contribution in [0.5, 0.6) is 0 Å². The summed E-state index contributed by atoms with van der Waals surface area (Å²) in [6.07, 6.45) is -0.422. The van der Waals surface area contributed by atoms with Gasteiger partial charge in [0.25, 0.3) is 0 Å². The monoisotopic (exact) mass is 134 g/mol. The lowest BCUT2D eigenvalue weighted by Crippen LogP contribution is -2.31. The van der Waals surface area contributed by atoms with E-state index >= 15 is 0 Å². The van der Waals surface area contributed by atoms with E-state index < -0.39 is 6.17 Å². The zero-order valence-electron chi connectivity index (χ0n) is 5.22. The first-order valence-electron chi connectivity index (χ1n) is 3.17. The van der Waals surface area contributed by atoms with E-state index in [9.17, 15) is 4.39 Å². The second kappa shape index (κ2) is 3.13. The van der Waals surface area contributed by atoms with Crippen LogP contribution in [0.4, 0.5) is 4.39 Å². The van der Waals surface area contributed by atoms with Gasteiger partial charge in [-0.15, -0.1) is 0 Å². The standard InChI is InChI=1S/C6H11FO2/c7-6-1-2-9-4-5(6)3-8/h5-6,8H,1-4H2/t5-,6-/m1/s1. The molecular weight excluding hydrogens is 123 g/mol. The maximum atomic E-state index is 12.6. The van der Waals surface area contributed by atoms with E-state index in [4.69, 9.17) is 9.84 Å². The van der Waals surface area contributed by atoms with Crippen molar-refractivity contribution in [1.82, 2.24) is 0 Å². The van der Waals surface area contributed by atoms with Crippen LogP contribution in [0.25, 0.3) is 0 Å². The molecule has 2 atom stereocenters. The maximum absolute atomic E-state index is 12.6. The van der Waals surface area contributed by atoms with Gasteiger partial charge in [0, 0.05) is 18.9 Å². The lowest BCUT2D eigenvalue weighted by Gasteiger charge is -2.23. The van der Waals surface area contributed by atoms with Gasteiger partial charge in [0.2, 0.25) is 0 Å². The number of halogens is 1. The van der Waals surface area contributed by atoms with Crippen molar-refractivity contribution in [3.63, 3.8) is 0 Å². The van der Waals surface area contributed by atoms with E-state index in [1.54, 1.807) is 0 Å². The summed E-state index contributed by atoms with van der Waals surface area (Å²) < 4.78 is 17.6. The highest BCUT2D eigenvalue weighted by Gasteiger charge is 2.23. The van der Waals surface area contributed by atoms with E-state index in [1.807, 2.05) is 0 Å². The molecule has 9 heavy (non-hydrogen) atoms. The molecule has 54 valence electrons. The Hall–Kier alpha value is -0.150.